The molecule has 1 aliphatic rings. The minimum atomic E-state index is -1.95. The van der Waals surface area contributed by atoms with Crippen molar-refractivity contribution in [3.05, 3.63) is 5.53 Å². The molecule has 6 heteroatoms. The second kappa shape index (κ2) is 12.8. The molecule has 168 valence electrons. The largest absolute Gasteiger partial charge is 0.411 e. The van der Waals surface area contributed by atoms with Crippen LogP contribution >= 0.6 is 0 Å². The molecule has 0 aromatic heterocycles. The van der Waals surface area contributed by atoms with Crippen LogP contribution in [0, 0.1) is 0 Å². The number of rotatable bonds is 16. The summed E-state index contributed by atoms with van der Waals surface area (Å²) in [7, 11) is -1.95. The van der Waals surface area contributed by atoms with Crippen LogP contribution in [-0.4, -0.2) is 43.4 Å². The topological polar surface area (TPSA) is 75.2 Å². The predicted molar refractivity (Wildman–Crippen MR) is 122 cm³/mol. The molecule has 0 aliphatic carbocycles. The molecule has 0 radical (unpaired) electrons. The van der Waals surface area contributed by atoms with E-state index in [1.807, 2.05) is 0 Å². The van der Waals surface area contributed by atoms with E-state index in [-0.39, 0.29) is 23.0 Å². The average Bonchev–Trinajstić information content (AvgIpc) is 3.42. The molecule has 1 aliphatic heterocycles. The van der Waals surface area contributed by atoms with Crippen LogP contribution in [0.4, 0.5) is 0 Å². The zero-order valence-corrected chi connectivity index (χ0v) is 20.7. The highest BCUT2D eigenvalue weighted by Gasteiger charge is 2.53. The number of carbonyl (C=O) groups is 1. The highest BCUT2D eigenvalue weighted by Crippen LogP contribution is 2.41. The predicted octanol–water partition coefficient (Wildman–Crippen LogP) is 6.32. The Kier molecular flexibility index (Phi) is 11.6. The molecule has 1 rings (SSSR count). The van der Waals surface area contributed by atoms with E-state index in [4.69, 9.17) is 14.7 Å². The fourth-order valence-corrected chi connectivity index (χ4v) is 4.81. The molecule has 1 saturated heterocycles. The van der Waals surface area contributed by atoms with Crippen molar-refractivity contribution in [3.63, 3.8) is 0 Å². The lowest BCUT2D eigenvalue weighted by atomic mass is 10.0. The van der Waals surface area contributed by atoms with Gasteiger partial charge in [-0.05, 0) is 24.6 Å². The van der Waals surface area contributed by atoms with Crippen molar-refractivity contribution < 1.29 is 18.7 Å². The van der Waals surface area contributed by atoms with Gasteiger partial charge < -0.3 is 14.7 Å². The average molecular weight is 425 g/mol. The lowest BCUT2D eigenvalue weighted by molar-refractivity contribution is -0.117. The van der Waals surface area contributed by atoms with E-state index in [1.54, 1.807) is 0 Å². The van der Waals surface area contributed by atoms with Crippen LogP contribution in [0.15, 0.2) is 0 Å². The Labute approximate surface area is 179 Å². The van der Waals surface area contributed by atoms with Crippen molar-refractivity contribution in [3.8, 4) is 0 Å². The van der Waals surface area contributed by atoms with Crippen molar-refractivity contribution in [2.24, 2.45) is 0 Å². The lowest BCUT2D eigenvalue weighted by Crippen LogP contribution is -2.45. The van der Waals surface area contributed by atoms with Gasteiger partial charge in [0.25, 0.3) is 5.78 Å². The lowest BCUT2D eigenvalue weighted by Gasteiger charge is -2.39. The van der Waals surface area contributed by atoms with Crippen LogP contribution in [0.5, 0.6) is 0 Å². The molecule has 29 heavy (non-hydrogen) atoms. The maximum Gasteiger partial charge on any atom is 0.326 e. The smallest absolute Gasteiger partial charge is 0.326 e. The summed E-state index contributed by atoms with van der Waals surface area (Å²) in [5.74, 6) is -0.274. The molecule has 0 aromatic carbocycles. The van der Waals surface area contributed by atoms with Crippen LogP contribution < -0.4 is 0 Å². The third-order valence-electron chi connectivity index (χ3n) is 6.45. The van der Waals surface area contributed by atoms with E-state index in [1.165, 1.54) is 57.8 Å². The van der Waals surface area contributed by atoms with Gasteiger partial charge in [0.05, 0.1) is 6.10 Å². The number of hydrogen-bond acceptors (Lipinski definition) is 3. The van der Waals surface area contributed by atoms with E-state index in [0.717, 1.165) is 19.1 Å². The fourth-order valence-electron chi connectivity index (χ4n) is 3.44. The van der Waals surface area contributed by atoms with E-state index >= 15 is 0 Å². The Balaban J connectivity index is 2.42. The minimum absolute atomic E-state index is 0.0500. The zero-order valence-electron chi connectivity index (χ0n) is 19.7. The Morgan fingerprint density at radius 2 is 1.59 bits per heavy atom. The monoisotopic (exact) mass is 424 g/mol. The first-order chi connectivity index (χ1) is 13.6. The van der Waals surface area contributed by atoms with Crippen LogP contribution in [0.3, 0.4) is 0 Å². The Hall–Kier alpha value is -0.813. The molecule has 0 bridgehead atoms. The van der Waals surface area contributed by atoms with Gasteiger partial charge in [0.15, 0.2) is 14.4 Å². The van der Waals surface area contributed by atoms with Crippen LogP contribution in [0.1, 0.15) is 98.3 Å². The number of hydrogen-bond donors (Lipinski definition) is 0. The van der Waals surface area contributed by atoms with Crippen molar-refractivity contribution in [2.45, 2.75) is 135 Å². The Morgan fingerprint density at radius 3 is 2.07 bits per heavy atom. The summed E-state index contributed by atoms with van der Waals surface area (Å²) in [5, 5.41) is 0.115. The summed E-state index contributed by atoms with van der Waals surface area (Å²) >= 11 is 0. The standard InChI is InChI=1S/C23H44N2O3Si/c1-7-8-9-10-11-12-13-14-15-16-17-20(28-29(5,6)23(2,3)4)22-21(27-22)19(26)18-25-24/h18,20-22H,7-17H2,1-6H3/t20-,21+,22+/m1/s1. The fraction of sp³-hybridized carbons (Fsp3) is 0.913. The molecule has 1 heterocycles. The van der Waals surface area contributed by atoms with Gasteiger partial charge in [-0.15, -0.1) is 0 Å². The summed E-state index contributed by atoms with van der Waals surface area (Å²) in [4.78, 5) is 14.8. The summed E-state index contributed by atoms with van der Waals surface area (Å²) in [6, 6.07) is 0. The van der Waals surface area contributed by atoms with Gasteiger partial charge in [0.2, 0.25) is 0 Å². The molecule has 0 spiro atoms. The maximum atomic E-state index is 11.9. The van der Waals surface area contributed by atoms with Crippen LogP contribution in [-0.2, 0) is 14.0 Å². The first kappa shape index (κ1) is 26.2. The van der Waals surface area contributed by atoms with Crippen LogP contribution in [0.2, 0.25) is 18.1 Å². The molecule has 0 amide bonds. The number of unbranched alkanes of at least 4 members (excludes halogenated alkanes) is 9. The quantitative estimate of drug-likeness (QED) is 0.0726. The van der Waals surface area contributed by atoms with E-state index in [2.05, 4.69) is 45.6 Å². The molecule has 0 aromatic rings. The van der Waals surface area contributed by atoms with Gasteiger partial charge in [-0.2, -0.15) is 4.79 Å². The van der Waals surface area contributed by atoms with Crippen LogP contribution in [0.25, 0.3) is 5.53 Å². The molecular formula is C23H44N2O3Si. The molecule has 0 saturated carbocycles. The minimum Gasteiger partial charge on any atom is -0.411 e. The number of ether oxygens (including phenoxy) is 1. The molecule has 0 unspecified atom stereocenters. The summed E-state index contributed by atoms with van der Waals surface area (Å²) < 4.78 is 12.3. The zero-order chi connectivity index (χ0) is 21.9. The molecule has 1 fully saturated rings. The highest BCUT2D eigenvalue weighted by molar-refractivity contribution is 6.74. The first-order valence-electron chi connectivity index (χ1n) is 11.7. The van der Waals surface area contributed by atoms with Gasteiger partial charge in [-0.3, -0.25) is 4.79 Å². The Bertz CT molecular complexity index is 539. The van der Waals surface area contributed by atoms with Crippen molar-refractivity contribution in [2.75, 3.05) is 0 Å². The number of Topliss-reactive ketones (excluding diaryl/α,β-unsaturated/α-hetero) is 1. The second-order valence-corrected chi connectivity index (χ2v) is 14.8. The SMILES string of the molecule is CCCCCCCCCCCC[C@@H](O[Si](C)(C)C(C)(C)C)[C@@H]1O[C@H]1C(=O)C=[N+]=[N-]. The van der Waals surface area contributed by atoms with E-state index in [9.17, 15) is 4.79 Å². The normalized spacial score (nSPS) is 20.2. The molecular weight excluding hydrogens is 380 g/mol. The van der Waals surface area contributed by atoms with E-state index < -0.39 is 14.4 Å². The molecule has 3 atom stereocenters. The van der Waals surface area contributed by atoms with Gasteiger partial charge in [-0.25, -0.2) is 0 Å². The van der Waals surface area contributed by atoms with Gasteiger partial charge in [-0.1, -0.05) is 91.9 Å². The third kappa shape index (κ3) is 9.69. The molecule has 0 N–H and O–H groups in total. The van der Waals surface area contributed by atoms with Crippen molar-refractivity contribution in [1.82, 2.24) is 0 Å². The van der Waals surface area contributed by atoms with Crippen molar-refractivity contribution >= 4 is 20.3 Å². The number of nitrogens with zero attached hydrogens (tertiary/aromatic N) is 2. The van der Waals surface area contributed by atoms with Gasteiger partial charge in [0, 0.05) is 0 Å². The summed E-state index contributed by atoms with van der Waals surface area (Å²) in [6.45, 7) is 13.4. The maximum absolute atomic E-state index is 11.9. The second-order valence-electron chi connectivity index (χ2n) is 10.1. The van der Waals surface area contributed by atoms with Crippen molar-refractivity contribution in [1.29, 1.82) is 0 Å². The highest BCUT2D eigenvalue weighted by atomic mass is 28.4. The van der Waals surface area contributed by atoms with Gasteiger partial charge >= 0.3 is 6.21 Å². The third-order valence-corrected chi connectivity index (χ3v) is 11.0. The summed E-state index contributed by atoms with van der Waals surface area (Å²) in [6.07, 6.45) is 14.1. The number of carbonyl (C=O) groups excluding carboxylic acids is 1. The summed E-state index contributed by atoms with van der Waals surface area (Å²) in [5.41, 5.74) is 8.60. The number of ketones is 1. The number of epoxide rings is 1. The van der Waals surface area contributed by atoms with Gasteiger partial charge in [0.1, 0.15) is 6.10 Å². The molecule has 5 nitrogen and oxygen atoms in total. The Morgan fingerprint density at radius 1 is 1.07 bits per heavy atom. The first-order valence-corrected chi connectivity index (χ1v) is 14.6. The van der Waals surface area contributed by atoms with E-state index in [0.29, 0.717) is 0 Å².